The van der Waals surface area contributed by atoms with Crippen LogP contribution in [-0.2, 0) is 20.9 Å². The minimum Gasteiger partial charge on any atom is -0.392 e. The van der Waals surface area contributed by atoms with Crippen LogP contribution in [0.25, 0.3) is 11.4 Å². The molecule has 2 aromatic rings. The van der Waals surface area contributed by atoms with Gasteiger partial charge in [0.2, 0.25) is 5.91 Å². The third-order valence-corrected chi connectivity index (χ3v) is 6.65. The molecule has 9 nitrogen and oxygen atoms in total. The average Bonchev–Trinajstić information content (AvgIpc) is 2.88. The third-order valence-electron chi connectivity index (χ3n) is 6.65. The first-order valence-electron chi connectivity index (χ1n) is 11.7. The van der Waals surface area contributed by atoms with E-state index in [1.807, 2.05) is 30.5 Å². The maximum absolute atomic E-state index is 12.8. The van der Waals surface area contributed by atoms with Crippen molar-refractivity contribution in [2.75, 3.05) is 62.4 Å². The van der Waals surface area contributed by atoms with E-state index in [1.54, 1.807) is 0 Å². The summed E-state index contributed by atoms with van der Waals surface area (Å²) >= 11 is 0. The molecule has 5 rings (SSSR count). The van der Waals surface area contributed by atoms with Crippen LogP contribution in [0, 0.1) is 5.92 Å². The van der Waals surface area contributed by atoms with Crippen LogP contribution in [-0.4, -0.2) is 79.6 Å². The number of anilines is 2. The maximum atomic E-state index is 12.8. The van der Waals surface area contributed by atoms with Crippen LogP contribution in [0.2, 0.25) is 0 Å². The normalized spacial score (nSPS) is 20.8. The van der Waals surface area contributed by atoms with Crippen LogP contribution < -0.4 is 15.1 Å². The fraction of sp³-hybridized carbons (Fsp3) is 0.542. The standard InChI is InChI=1S/C24H31N5O4/c30-15-18-2-1-3-19(10-18)23-26-12-21-24(27-23)29-6-9-33-16-20(29)13-28(21)14-22(31)25-11-17-4-7-32-8-5-17/h1-3,10,12,17,20,30H,4-9,11,13-16H2,(H,25,31). The Balaban J connectivity index is 1.36. The van der Waals surface area contributed by atoms with Crippen molar-refractivity contribution in [3.05, 3.63) is 36.0 Å². The second-order valence-corrected chi connectivity index (χ2v) is 8.92. The predicted octanol–water partition coefficient (Wildman–Crippen LogP) is 1.20. The van der Waals surface area contributed by atoms with E-state index in [1.165, 1.54) is 0 Å². The first kappa shape index (κ1) is 22.1. The Bertz CT molecular complexity index is 981. The summed E-state index contributed by atoms with van der Waals surface area (Å²) in [5, 5.41) is 12.6. The Morgan fingerprint density at radius 2 is 2.09 bits per heavy atom. The molecule has 4 heterocycles. The van der Waals surface area contributed by atoms with Crippen LogP contribution >= 0.6 is 0 Å². The number of hydrogen-bond donors (Lipinski definition) is 2. The highest BCUT2D eigenvalue weighted by molar-refractivity contribution is 5.84. The van der Waals surface area contributed by atoms with Gasteiger partial charge in [-0.15, -0.1) is 0 Å². The minimum absolute atomic E-state index is 0.0114. The fourth-order valence-electron chi connectivity index (χ4n) is 4.77. The number of fused-ring (bicyclic) bond motifs is 3. The number of aliphatic hydroxyl groups is 1. The van der Waals surface area contributed by atoms with E-state index >= 15 is 0 Å². The van der Waals surface area contributed by atoms with Gasteiger partial charge in [-0.3, -0.25) is 4.79 Å². The second kappa shape index (κ2) is 10.0. The summed E-state index contributed by atoms with van der Waals surface area (Å²) in [5.41, 5.74) is 2.55. The Morgan fingerprint density at radius 3 is 2.94 bits per heavy atom. The van der Waals surface area contributed by atoms with Gasteiger partial charge in [-0.05, 0) is 30.4 Å². The zero-order valence-corrected chi connectivity index (χ0v) is 18.8. The Morgan fingerprint density at radius 1 is 1.21 bits per heavy atom. The molecule has 1 unspecified atom stereocenters. The number of carbonyl (C=O) groups excluding carboxylic acids is 1. The molecule has 1 aromatic carbocycles. The minimum atomic E-state index is -0.0267. The van der Waals surface area contributed by atoms with Crippen molar-refractivity contribution in [1.29, 1.82) is 0 Å². The molecule has 1 amide bonds. The van der Waals surface area contributed by atoms with E-state index in [9.17, 15) is 9.90 Å². The molecule has 0 saturated carbocycles. The van der Waals surface area contributed by atoms with Gasteiger partial charge in [0.25, 0.3) is 0 Å². The van der Waals surface area contributed by atoms with Gasteiger partial charge in [0, 0.05) is 38.4 Å². The summed E-state index contributed by atoms with van der Waals surface area (Å²) in [7, 11) is 0. The molecule has 2 saturated heterocycles. The molecule has 1 atom stereocenters. The summed E-state index contributed by atoms with van der Waals surface area (Å²) < 4.78 is 11.1. The van der Waals surface area contributed by atoms with Crippen molar-refractivity contribution in [1.82, 2.24) is 15.3 Å². The predicted molar refractivity (Wildman–Crippen MR) is 124 cm³/mol. The Kier molecular flexibility index (Phi) is 6.70. The maximum Gasteiger partial charge on any atom is 0.239 e. The lowest BCUT2D eigenvalue weighted by atomic mass is 10.0. The number of ether oxygens (including phenoxy) is 2. The van der Waals surface area contributed by atoms with Gasteiger partial charge in [0.1, 0.15) is 0 Å². The van der Waals surface area contributed by atoms with Crippen LogP contribution in [0.5, 0.6) is 0 Å². The van der Waals surface area contributed by atoms with Crippen LogP contribution in [0.4, 0.5) is 11.5 Å². The number of nitrogens with one attached hydrogen (secondary N) is 1. The molecule has 0 radical (unpaired) electrons. The number of carbonyl (C=O) groups is 1. The third kappa shape index (κ3) is 4.95. The Hall–Kier alpha value is -2.75. The van der Waals surface area contributed by atoms with Gasteiger partial charge in [-0.1, -0.05) is 18.2 Å². The molecule has 176 valence electrons. The van der Waals surface area contributed by atoms with Gasteiger partial charge in [0.15, 0.2) is 11.6 Å². The van der Waals surface area contributed by atoms with Crippen molar-refractivity contribution in [2.45, 2.75) is 25.5 Å². The van der Waals surface area contributed by atoms with E-state index in [2.05, 4.69) is 20.1 Å². The van der Waals surface area contributed by atoms with Crippen molar-refractivity contribution < 1.29 is 19.4 Å². The number of amides is 1. The number of morpholine rings is 1. The largest absolute Gasteiger partial charge is 0.392 e. The van der Waals surface area contributed by atoms with E-state index < -0.39 is 0 Å². The zero-order valence-electron chi connectivity index (χ0n) is 18.8. The molecule has 9 heteroatoms. The van der Waals surface area contributed by atoms with Gasteiger partial charge < -0.3 is 29.7 Å². The summed E-state index contributed by atoms with van der Waals surface area (Å²) in [6.07, 6.45) is 3.81. The van der Waals surface area contributed by atoms with Crippen LogP contribution in [0.1, 0.15) is 18.4 Å². The lowest BCUT2D eigenvalue weighted by Gasteiger charge is -2.45. The van der Waals surface area contributed by atoms with E-state index in [4.69, 9.17) is 14.5 Å². The van der Waals surface area contributed by atoms with Gasteiger partial charge >= 0.3 is 0 Å². The zero-order chi connectivity index (χ0) is 22.6. The summed E-state index contributed by atoms with van der Waals surface area (Å²) in [4.78, 5) is 26.7. The number of rotatable bonds is 6. The number of hydrogen-bond acceptors (Lipinski definition) is 8. The van der Waals surface area contributed by atoms with Crippen LogP contribution in [0.15, 0.2) is 30.5 Å². The van der Waals surface area contributed by atoms with Gasteiger partial charge in [0.05, 0.1) is 44.3 Å². The highest BCUT2D eigenvalue weighted by Crippen LogP contribution is 2.35. The summed E-state index contributed by atoms with van der Waals surface area (Å²) in [5.74, 6) is 1.95. The molecule has 0 aliphatic carbocycles. The molecular formula is C24H31N5O4. The lowest BCUT2D eigenvalue weighted by molar-refractivity contribution is -0.120. The molecular weight excluding hydrogens is 422 g/mol. The summed E-state index contributed by atoms with van der Waals surface area (Å²) in [6.45, 7) is 5.20. The monoisotopic (exact) mass is 453 g/mol. The SMILES string of the molecule is O=C(CN1CC2COCCN2c2nc(-c3cccc(CO)c3)ncc21)NCC1CCOCC1. The van der Waals surface area contributed by atoms with Crippen molar-refractivity contribution in [2.24, 2.45) is 5.92 Å². The van der Waals surface area contributed by atoms with E-state index in [-0.39, 0.29) is 25.1 Å². The number of nitrogens with zero attached hydrogens (tertiary/aromatic N) is 4. The molecule has 0 bridgehead atoms. The van der Waals surface area contributed by atoms with Crippen LogP contribution in [0.3, 0.4) is 0 Å². The fourth-order valence-corrected chi connectivity index (χ4v) is 4.77. The Labute approximate surface area is 193 Å². The first-order valence-corrected chi connectivity index (χ1v) is 11.7. The van der Waals surface area contributed by atoms with Crippen molar-refractivity contribution >= 4 is 17.4 Å². The molecule has 2 fully saturated rings. The number of aliphatic hydroxyl groups excluding tert-OH is 1. The highest BCUT2D eigenvalue weighted by atomic mass is 16.5. The summed E-state index contributed by atoms with van der Waals surface area (Å²) in [6, 6.07) is 7.77. The lowest BCUT2D eigenvalue weighted by Crippen LogP contribution is -2.57. The van der Waals surface area contributed by atoms with Gasteiger partial charge in [-0.2, -0.15) is 0 Å². The number of aromatic nitrogens is 2. The second-order valence-electron chi connectivity index (χ2n) is 8.92. The van der Waals surface area contributed by atoms with Gasteiger partial charge in [-0.25, -0.2) is 9.97 Å². The molecule has 1 aromatic heterocycles. The molecule has 33 heavy (non-hydrogen) atoms. The average molecular weight is 454 g/mol. The topological polar surface area (TPSA) is 100 Å². The smallest absolute Gasteiger partial charge is 0.239 e. The molecule has 0 spiro atoms. The molecule has 3 aliphatic rings. The molecule has 2 N–H and O–H groups in total. The van der Waals surface area contributed by atoms with E-state index in [0.717, 1.165) is 55.2 Å². The van der Waals surface area contributed by atoms with Crippen molar-refractivity contribution in [3.63, 3.8) is 0 Å². The highest BCUT2D eigenvalue weighted by Gasteiger charge is 2.35. The van der Waals surface area contributed by atoms with Crippen molar-refractivity contribution in [3.8, 4) is 11.4 Å². The molecule has 3 aliphatic heterocycles. The first-order chi connectivity index (χ1) is 16.2. The van der Waals surface area contributed by atoms with E-state index in [0.29, 0.717) is 38.0 Å². The quantitative estimate of drug-likeness (QED) is 0.673. The number of benzene rings is 1.